The second kappa shape index (κ2) is 7.54. The molecule has 0 aliphatic rings. The van der Waals surface area contributed by atoms with Gasteiger partial charge in [0.15, 0.2) is 0 Å². The Morgan fingerprint density at radius 2 is 1.94 bits per heavy atom. The van der Waals surface area contributed by atoms with Crippen LogP contribution < -0.4 is 56.1 Å². The Morgan fingerprint density at radius 3 is 2.39 bits per heavy atom. The van der Waals surface area contributed by atoms with Gasteiger partial charge in [-0.3, -0.25) is 14.9 Å². The quantitative estimate of drug-likeness (QED) is 0.187. The molecule has 1 aromatic rings. The van der Waals surface area contributed by atoms with Crippen molar-refractivity contribution in [3.8, 4) is 5.75 Å². The van der Waals surface area contributed by atoms with E-state index in [1.807, 2.05) is 0 Å². The van der Waals surface area contributed by atoms with Gasteiger partial charge >= 0.3 is 57.4 Å². The standard InChI is InChI=1S/C9H5Cl2NO5.K.H/c1-4(13)9(14)17-5-2-6(10)8(11)7(3-5)12(15)16;;/h2-3H,1H3;;/q;+1;-1. The number of hydrogen-bond acceptors (Lipinski definition) is 5. The fourth-order valence-corrected chi connectivity index (χ4v) is 1.30. The van der Waals surface area contributed by atoms with Gasteiger partial charge in [0.05, 0.1) is 16.0 Å². The number of benzene rings is 1. The van der Waals surface area contributed by atoms with Crippen LogP contribution >= 0.6 is 23.2 Å². The van der Waals surface area contributed by atoms with Crippen LogP contribution in [0.4, 0.5) is 5.69 Å². The molecule has 0 aromatic heterocycles. The molecular weight excluding hydrogens is 312 g/mol. The number of hydrogen-bond donors (Lipinski definition) is 0. The molecule has 0 saturated carbocycles. The zero-order valence-corrected chi connectivity index (χ0v) is 14.0. The van der Waals surface area contributed by atoms with E-state index in [2.05, 4.69) is 4.74 Å². The Bertz CT molecular complexity index is 526. The maximum Gasteiger partial charge on any atom is 1.00 e. The molecule has 0 spiro atoms. The first-order chi connectivity index (χ1) is 7.82. The molecule has 1 rings (SSSR count). The predicted molar refractivity (Wildman–Crippen MR) is 60.5 cm³/mol. The van der Waals surface area contributed by atoms with Crippen LogP contribution in [0.3, 0.4) is 0 Å². The van der Waals surface area contributed by atoms with Crippen LogP contribution in [0.25, 0.3) is 0 Å². The Morgan fingerprint density at radius 1 is 1.39 bits per heavy atom. The van der Waals surface area contributed by atoms with Crippen molar-refractivity contribution in [3.05, 3.63) is 32.3 Å². The van der Waals surface area contributed by atoms with Gasteiger partial charge in [0.2, 0.25) is 5.78 Å². The SMILES string of the molecule is CC(=O)C(=O)Oc1cc(Cl)c(Cl)c([N+](=O)[O-])c1.[H-].[K+]. The molecule has 0 heterocycles. The second-order valence-corrected chi connectivity index (χ2v) is 3.73. The van der Waals surface area contributed by atoms with Crippen LogP contribution in [0.1, 0.15) is 8.35 Å². The normalized spacial score (nSPS) is 9.28. The number of nitro groups is 1. The number of carbonyl (C=O) groups excluding carboxylic acids is 2. The molecule has 0 amide bonds. The third kappa shape index (κ3) is 4.58. The van der Waals surface area contributed by atoms with E-state index < -0.39 is 22.4 Å². The molecule has 92 valence electrons. The van der Waals surface area contributed by atoms with Crippen LogP contribution in [0.2, 0.25) is 10.0 Å². The average molecular weight is 318 g/mol. The van der Waals surface area contributed by atoms with Crippen molar-refractivity contribution in [3.63, 3.8) is 0 Å². The van der Waals surface area contributed by atoms with E-state index in [9.17, 15) is 19.7 Å². The summed E-state index contributed by atoms with van der Waals surface area (Å²) in [6.07, 6.45) is 0. The fourth-order valence-electron chi connectivity index (χ4n) is 0.921. The summed E-state index contributed by atoms with van der Waals surface area (Å²) in [6, 6.07) is 2.02. The van der Waals surface area contributed by atoms with E-state index in [0.717, 1.165) is 19.1 Å². The van der Waals surface area contributed by atoms with Crippen molar-refractivity contribution in [2.24, 2.45) is 0 Å². The molecular formula is C9H6Cl2KNO5. The summed E-state index contributed by atoms with van der Waals surface area (Å²) >= 11 is 11.2. The van der Waals surface area contributed by atoms with Crippen molar-refractivity contribution >= 4 is 40.6 Å². The van der Waals surface area contributed by atoms with Gasteiger partial charge < -0.3 is 6.16 Å². The molecule has 0 aliphatic carbocycles. The van der Waals surface area contributed by atoms with Crippen molar-refractivity contribution in [1.82, 2.24) is 0 Å². The van der Waals surface area contributed by atoms with Crippen LogP contribution in [0, 0.1) is 10.1 Å². The number of carbonyl (C=O) groups is 2. The third-order valence-corrected chi connectivity index (χ3v) is 2.47. The van der Waals surface area contributed by atoms with Crippen molar-refractivity contribution in [2.45, 2.75) is 6.92 Å². The van der Waals surface area contributed by atoms with E-state index in [1.165, 1.54) is 0 Å². The number of esters is 1. The van der Waals surface area contributed by atoms with Gasteiger partial charge in [-0.05, 0) is 0 Å². The molecule has 0 unspecified atom stereocenters. The Balaban J connectivity index is 0. The van der Waals surface area contributed by atoms with Gasteiger partial charge in [0.25, 0.3) is 5.69 Å². The van der Waals surface area contributed by atoms with Crippen LogP contribution in [-0.4, -0.2) is 16.7 Å². The summed E-state index contributed by atoms with van der Waals surface area (Å²) in [4.78, 5) is 31.4. The number of rotatable bonds is 3. The molecule has 9 heteroatoms. The zero-order valence-electron chi connectivity index (χ0n) is 10.4. The number of ether oxygens (including phenoxy) is 1. The first-order valence-corrected chi connectivity index (χ1v) is 4.94. The number of Topliss-reactive ketones (excluding diaryl/α,β-unsaturated/α-hetero) is 1. The van der Waals surface area contributed by atoms with E-state index in [1.54, 1.807) is 0 Å². The largest absolute Gasteiger partial charge is 1.00 e. The molecule has 0 radical (unpaired) electrons. The minimum Gasteiger partial charge on any atom is -1.00 e. The van der Waals surface area contributed by atoms with Gasteiger partial charge in [0, 0.05) is 13.0 Å². The van der Waals surface area contributed by atoms with Gasteiger partial charge in [-0.15, -0.1) is 0 Å². The summed E-state index contributed by atoms with van der Waals surface area (Å²) in [5.74, 6) is -2.19. The molecule has 18 heavy (non-hydrogen) atoms. The number of halogens is 2. The van der Waals surface area contributed by atoms with Crippen molar-refractivity contribution < 1.29 is 72.1 Å². The molecule has 0 fully saturated rings. The number of ketones is 1. The van der Waals surface area contributed by atoms with Crippen LogP contribution in [0.15, 0.2) is 12.1 Å². The molecule has 0 atom stereocenters. The van der Waals surface area contributed by atoms with Crippen LogP contribution in [0.5, 0.6) is 5.75 Å². The smallest absolute Gasteiger partial charge is 1.00 e. The maximum atomic E-state index is 11.0. The van der Waals surface area contributed by atoms with Gasteiger partial charge in [-0.2, -0.15) is 0 Å². The summed E-state index contributed by atoms with van der Waals surface area (Å²) < 4.78 is 4.57. The molecule has 1 aromatic carbocycles. The number of nitro benzene ring substituents is 1. The third-order valence-electron chi connectivity index (χ3n) is 1.68. The summed E-state index contributed by atoms with van der Waals surface area (Å²) in [6.45, 7) is 1.01. The van der Waals surface area contributed by atoms with Crippen molar-refractivity contribution in [2.75, 3.05) is 0 Å². The first-order valence-electron chi connectivity index (χ1n) is 4.19. The minimum absolute atomic E-state index is 0. The van der Waals surface area contributed by atoms with Gasteiger partial charge in [-0.25, -0.2) is 4.79 Å². The van der Waals surface area contributed by atoms with Crippen LogP contribution in [-0.2, 0) is 9.59 Å². The molecule has 0 bridgehead atoms. The molecule has 0 saturated heterocycles. The molecule has 0 aliphatic heterocycles. The summed E-state index contributed by atoms with van der Waals surface area (Å²) in [5.41, 5.74) is -0.509. The van der Waals surface area contributed by atoms with Crippen molar-refractivity contribution in [1.29, 1.82) is 0 Å². The van der Waals surface area contributed by atoms with E-state index >= 15 is 0 Å². The Kier molecular flexibility index (Phi) is 7.53. The summed E-state index contributed by atoms with van der Waals surface area (Å²) in [5, 5.41) is 10.2. The molecule has 0 N–H and O–H groups in total. The monoisotopic (exact) mass is 317 g/mol. The Labute approximate surface area is 156 Å². The van der Waals surface area contributed by atoms with E-state index in [0.29, 0.717) is 0 Å². The first kappa shape index (κ1) is 18.0. The summed E-state index contributed by atoms with van der Waals surface area (Å²) in [7, 11) is 0. The minimum atomic E-state index is -1.14. The topological polar surface area (TPSA) is 86.5 Å². The van der Waals surface area contributed by atoms with E-state index in [4.69, 9.17) is 23.2 Å². The fraction of sp³-hybridized carbons (Fsp3) is 0.111. The predicted octanol–water partition coefficient (Wildman–Crippen LogP) is -0.488. The van der Waals surface area contributed by atoms with E-state index in [-0.39, 0.29) is 68.6 Å². The number of nitrogens with zero attached hydrogens (tertiary/aromatic N) is 1. The second-order valence-electron chi connectivity index (χ2n) is 2.94. The maximum absolute atomic E-state index is 11.0. The average Bonchev–Trinajstić information content (AvgIpc) is 2.22. The van der Waals surface area contributed by atoms with Gasteiger partial charge in [-0.1, -0.05) is 23.2 Å². The zero-order chi connectivity index (χ0) is 13.2. The molecule has 6 nitrogen and oxygen atoms in total. The Hall–Kier alpha value is -0.0236. The van der Waals surface area contributed by atoms with Gasteiger partial charge in [0.1, 0.15) is 10.8 Å².